The van der Waals surface area contributed by atoms with E-state index in [-0.39, 0.29) is 12.4 Å². The summed E-state index contributed by atoms with van der Waals surface area (Å²) < 4.78 is 25.9. The minimum Gasteiger partial charge on any atom is -0.493 e. The summed E-state index contributed by atoms with van der Waals surface area (Å²) >= 11 is 0. The van der Waals surface area contributed by atoms with E-state index in [9.17, 15) is 8.42 Å². The zero-order valence-electron chi connectivity index (χ0n) is 8.71. The Hall–Kier alpha value is -1.69. The first kappa shape index (κ1) is 10.8. The maximum absolute atomic E-state index is 11.4. The second-order valence-electron chi connectivity index (χ2n) is 3.65. The van der Waals surface area contributed by atoms with Gasteiger partial charge in [-0.2, -0.15) is 8.42 Å². The highest BCUT2D eigenvalue weighted by atomic mass is 32.2. The van der Waals surface area contributed by atoms with E-state index in [1.54, 1.807) is 0 Å². The SMILES string of the molecule is Cc1ccc(CN2C=C(O)NS2(=O)=O)cc1. The molecule has 0 atom stereocenters. The smallest absolute Gasteiger partial charge is 0.326 e. The van der Waals surface area contributed by atoms with Crippen LogP contribution >= 0.6 is 0 Å². The van der Waals surface area contributed by atoms with E-state index in [4.69, 9.17) is 5.11 Å². The third kappa shape index (κ3) is 2.11. The molecular weight excluding hydrogens is 228 g/mol. The summed E-state index contributed by atoms with van der Waals surface area (Å²) in [6, 6.07) is 7.53. The molecule has 86 valence electrons. The summed E-state index contributed by atoms with van der Waals surface area (Å²) in [5, 5.41) is 9.09. The molecule has 1 heterocycles. The second kappa shape index (κ2) is 3.71. The van der Waals surface area contributed by atoms with Gasteiger partial charge in [0.15, 0.2) is 0 Å². The molecule has 0 amide bonds. The van der Waals surface area contributed by atoms with Crippen molar-refractivity contribution in [2.75, 3.05) is 0 Å². The van der Waals surface area contributed by atoms with Gasteiger partial charge in [0.1, 0.15) is 0 Å². The summed E-state index contributed by atoms with van der Waals surface area (Å²) in [7, 11) is -3.60. The quantitative estimate of drug-likeness (QED) is 0.810. The van der Waals surface area contributed by atoms with Crippen LogP contribution in [0.2, 0.25) is 0 Å². The normalized spacial score (nSPS) is 18.1. The molecule has 1 aromatic rings. The molecule has 0 unspecified atom stereocenters. The van der Waals surface area contributed by atoms with Crippen LogP contribution in [0.4, 0.5) is 0 Å². The van der Waals surface area contributed by atoms with E-state index in [0.717, 1.165) is 21.6 Å². The molecule has 0 spiro atoms. The number of nitrogens with one attached hydrogen (secondary N) is 1. The van der Waals surface area contributed by atoms with Crippen LogP contribution in [0.25, 0.3) is 0 Å². The average Bonchev–Trinajstić information content (AvgIpc) is 2.43. The molecule has 0 saturated carbocycles. The van der Waals surface area contributed by atoms with Crippen molar-refractivity contribution < 1.29 is 13.5 Å². The highest BCUT2D eigenvalue weighted by molar-refractivity contribution is 7.87. The van der Waals surface area contributed by atoms with Gasteiger partial charge in [-0.3, -0.25) is 4.31 Å². The summed E-state index contributed by atoms with van der Waals surface area (Å²) in [5.74, 6) is -0.355. The zero-order valence-corrected chi connectivity index (χ0v) is 9.53. The fraction of sp³-hybridized carbons (Fsp3) is 0.200. The Labute approximate surface area is 94.2 Å². The Bertz CT molecular complexity index is 520. The van der Waals surface area contributed by atoms with Crippen LogP contribution in [0.5, 0.6) is 0 Å². The fourth-order valence-electron chi connectivity index (χ4n) is 1.43. The van der Waals surface area contributed by atoms with E-state index in [0.29, 0.717) is 0 Å². The van der Waals surface area contributed by atoms with Gasteiger partial charge in [-0.25, -0.2) is 4.72 Å². The maximum Gasteiger partial charge on any atom is 0.326 e. The van der Waals surface area contributed by atoms with Crippen LogP contribution in [0.15, 0.2) is 36.3 Å². The van der Waals surface area contributed by atoms with Crippen molar-refractivity contribution in [2.24, 2.45) is 0 Å². The number of benzene rings is 1. The molecule has 0 saturated heterocycles. The van der Waals surface area contributed by atoms with Crippen molar-refractivity contribution in [3.8, 4) is 0 Å². The molecule has 2 rings (SSSR count). The van der Waals surface area contributed by atoms with Crippen LogP contribution in [0, 0.1) is 6.92 Å². The Balaban J connectivity index is 2.19. The van der Waals surface area contributed by atoms with E-state index in [1.165, 1.54) is 0 Å². The lowest BCUT2D eigenvalue weighted by molar-refractivity contribution is 0.390. The van der Waals surface area contributed by atoms with Gasteiger partial charge >= 0.3 is 10.2 Å². The molecule has 16 heavy (non-hydrogen) atoms. The van der Waals surface area contributed by atoms with E-state index >= 15 is 0 Å². The number of hydrogen-bond acceptors (Lipinski definition) is 3. The largest absolute Gasteiger partial charge is 0.493 e. The van der Waals surface area contributed by atoms with Gasteiger partial charge in [0, 0.05) is 0 Å². The number of aliphatic hydroxyl groups excluding tert-OH is 1. The molecule has 2 N–H and O–H groups in total. The van der Waals surface area contributed by atoms with Gasteiger partial charge in [-0.15, -0.1) is 0 Å². The fourth-order valence-corrected chi connectivity index (χ4v) is 2.42. The Morgan fingerprint density at radius 2 is 1.94 bits per heavy atom. The van der Waals surface area contributed by atoms with Gasteiger partial charge < -0.3 is 5.11 Å². The predicted molar refractivity (Wildman–Crippen MR) is 59.5 cm³/mol. The van der Waals surface area contributed by atoms with Crippen molar-refractivity contribution in [1.29, 1.82) is 0 Å². The highest BCUT2D eigenvalue weighted by Crippen LogP contribution is 2.15. The van der Waals surface area contributed by atoms with Gasteiger partial charge in [-0.05, 0) is 12.5 Å². The Kier molecular flexibility index (Phi) is 2.51. The molecule has 0 fully saturated rings. The second-order valence-corrected chi connectivity index (χ2v) is 5.28. The molecular formula is C10H12N2O3S. The van der Waals surface area contributed by atoms with Gasteiger partial charge in [0.25, 0.3) is 0 Å². The summed E-state index contributed by atoms with van der Waals surface area (Å²) in [5.41, 5.74) is 1.98. The minimum atomic E-state index is -3.60. The van der Waals surface area contributed by atoms with Crippen LogP contribution in [0.1, 0.15) is 11.1 Å². The highest BCUT2D eigenvalue weighted by Gasteiger charge is 2.26. The summed E-state index contributed by atoms with van der Waals surface area (Å²) in [6.45, 7) is 2.17. The lowest BCUT2D eigenvalue weighted by Gasteiger charge is -2.13. The molecule has 1 aromatic carbocycles. The minimum absolute atomic E-state index is 0.208. The van der Waals surface area contributed by atoms with Crippen LogP contribution in [-0.2, 0) is 16.8 Å². The number of hydrogen-bond donors (Lipinski definition) is 2. The van der Waals surface area contributed by atoms with Crippen molar-refractivity contribution in [3.05, 3.63) is 47.5 Å². The Morgan fingerprint density at radius 1 is 1.31 bits per heavy atom. The van der Waals surface area contributed by atoms with Gasteiger partial charge in [0.05, 0.1) is 12.7 Å². The monoisotopic (exact) mass is 240 g/mol. The standard InChI is InChI=1S/C10H12N2O3S/c1-8-2-4-9(5-3-8)6-12-7-10(13)11-16(12,14)15/h2-5,7,11,13H,6H2,1H3. The first-order valence-corrected chi connectivity index (χ1v) is 6.17. The summed E-state index contributed by atoms with van der Waals surface area (Å²) in [4.78, 5) is 0. The number of aliphatic hydroxyl groups is 1. The number of rotatable bonds is 2. The Morgan fingerprint density at radius 3 is 2.44 bits per heavy atom. The third-order valence-corrected chi connectivity index (χ3v) is 3.59. The van der Waals surface area contributed by atoms with Crippen molar-refractivity contribution in [3.63, 3.8) is 0 Å². The van der Waals surface area contributed by atoms with Crippen molar-refractivity contribution in [2.45, 2.75) is 13.5 Å². The van der Waals surface area contributed by atoms with Crippen molar-refractivity contribution in [1.82, 2.24) is 9.03 Å². The van der Waals surface area contributed by atoms with E-state index < -0.39 is 10.2 Å². The molecule has 1 aliphatic heterocycles. The van der Waals surface area contributed by atoms with Gasteiger partial charge in [-0.1, -0.05) is 29.8 Å². The van der Waals surface area contributed by atoms with Crippen LogP contribution in [-0.4, -0.2) is 17.8 Å². The molecule has 1 aliphatic rings. The molecule has 5 nitrogen and oxygen atoms in total. The lowest BCUT2D eigenvalue weighted by atomic mass is 10.1. The van der Waals surface area contributed by atoms with Crippen LogP contribution < -0.4 is 4.72 Å². The first-order valence-electron chi connectivity index (χ1n) is 4.73. The molecule has 0 bridgehead atoms. The average molecular weight is 240 g/mol. The molecule has 0 aliphatic carbocycles. The predicted octanol–water partition coefficient (Wildman–Crippen LogP) is 1.00. The number of nitrogens with zero attached hydrogens (tertiary/aromatic N) is 1. The third-order valence-electron chi connectivity index (χ3n) is 2.27. The van der Waals surface area contributed by atoms with E-state index in [1.807, 2.05) is 35.9 Å². The van der Waals surface area contributed by atoms with Crippen LogP contribution in [0.3, 0.4) is 0 Å². The van der Waals surface area contributed by atoms with Crippen molar-refractivity contribution >= 4 is 10.2 Å². The van der Waals surface area contributed by atoms with Gasteiger partial charge in [0.2, 0.25) is 5.88 Å². The molecule has 0 aromatic heterocycles. The summed E-state index contributed by atoms with van der Waals surface area (Å²) in [6.07, 6.45) is 1.16. The topological polar surface area (TPSA) is 69.6 Å². The molecule has 6 heteroatoms. The number of aryl methyl sites for hydroxylation is 1. The van der Waals surface area contributed by atoms with E-state index in [2.05, 4.69) is 0 Å². The first-order chi connectivity index (χ1) is 7.47. The molecule has 0 radical (unpaired) electrons. The zero-order chi connectivity index (χ0) is 11.8. The lowest BCUT2D eigenvalue weighted by Crippen LogP contribution is -2.29. The maximum atomic E-state index is 11.4.